The van der Waals surface area contributed by atoms with E-state index < -0.39 is 6.10 Å². The molecule has 1 aliphatic carbocycles. The summed E-state index contributed by atoms with van der Waals surface area (Å²) in [6, 6.07) is 6.33. The predicted octanol–water partition coefficient (Wildman–Crippen LogP) is 3.59. The molecule has 0 radical (unpaired) electrons. The highest BCUT2D eigenvalue weighted by Crippen LogP contribution is 2.26. The summed E-state index contributed by atoms with van der Waals surface area (Å²) in [5.74, 6) is 1.71. The first kappa shape index (κ1) is 15.4. The highest BCUT2D eigenvalue weighted by Gasteiger charge is 2.25. The smallest absolute Gasteiger partial charge is 0.263 e. The van der Waals surface area contributed by atoms with Crippen molar-refractivity contribution in [2.24, 2.45) is 5.92 Å². The van der Waals surface area contributed by atoms with Gasteiger partial charge in [-0.2, -0.15) is 0 Å². The van der Waals surface area contributed by atoms with Crippen molar-refractivity contribution in [2.45, 2.75) is 58.5 Å². The first-order valence-corrected chi connectivity index (χ1v) is 8.71. The summed E-state index contributed by atoms with van der Waals surface area (Å²) in [5, 5.41) is 0. The average molecular weight is 301 g/mol. The van der Waals surface area contributed by atoms with E-state index in [9.17, 15) is 4.79 Å². The van der Waals surface area contributed by atoms with E-state index in [-0.39, 0.29) is 5.91 Å². The summed E-state index contributed by atoms with van der Waals surface area (Å²) in [6.07, 6.45) is 6.69. The van der Waals surface area contributed by atoms with Crippen molar-refractivity contribution in [3.8, 4) is 5.75 Å². The van der Waals surface area contributed by atoms with E-state index in [0.717, 1.165) is 44.0 Å². The molecule has 2 aliphatic rings. The van der Waals surface area contributed by atoms with Crippen LogP contribution in [-0.2, 0) is 17.6 Å². The van der Waals surface area contributed by atoms with Gasteiger partial charge < -0.3 is 9.64 Å². The monoisotopic (exact) mass is 301 g/mol. The Bertz CT molecular complexity index is 532. The maximum Gasteiger partial charge on any atom is 0.263 e. The molecule has 0 aromatic heterocycles. The minimum Gasteiger partial charge on any atom is -0.481 e. The van der Waals surface area contributed by atoms with Gasteiger partial charge in [-0.3, -0.25) is 4.79 Å². The van der Waals surface area contributed by atoms with Crippen LogP contribution in [0.3, 0.4) is 0 Å². The van der Waals surface area contributed by atoms with Crippen LogP contribution in [0.15, 0.2) is 18.2 Å². The molecule has 0 saturated carbocycles. The Kier molecular flexibility index (Phi) is 4.70. The molecule has 1 aromatic carbocycles. The van der Waals surface area contributed by atoms with Gasteiger partial charge in [0.1, 0.15) is 5.75 Å². The summed E-state index contributed by atoms with van der Waals surface area (Å²) in [6.45, 7) is 5.88. The van der Waals surface area contributed by atoms with Crippen LogP contribution in [0.1, 0.15) is 50.7 Å². The van der Waals surface area contributed by atoms with Crippen molar-refractivity contribution in [3.05, 3.63) is 29.3 Å². The quantitative estimate of drug-likeness (QED) is 0.854. The number of likely N-dealkylation sites (tertiary alicyclic amines) is 1. The SMILES string of the molecule is CC1CCN(C(=O)[C@H](C)Oc2ccc3c(c2)CCCC3)CC1. The van der Waals surface area contributed by atoms with Gasteiger partial charge in [-0.15, -0.1) is 0 Å². The summed E-state index contributed by atoms with van der Waals surface area (Å²) >= 11 is 0. The number of rotatable bonds is 3. The second-order valence-corrected chi connectivity index (χ2v) is 6.91. The first-order chi connectivity index (χ1) is 10.6. The normalized spacial score (nSPS) is 20.4. The minimum absolute atomic E-state index is 0.129. The summed E-state index contributed by atoms with van der Waals surface area (Å²) in [4.78, 5) is 14.5. The van der Waals surface area contributed by atoms with E-state index in [4.69, 9.17) is 4.74 Å². The molecule has 0 bridgehead atoms. The van der Waals surface area contributed by atoms with Crippen molar-refractivity contribution < 1.29 is 9.53 Å². The molecule has 1 aliphatic heterocycles. The molecule has 0 N–H and O–H groups in total. The molecule has 1 heterocycles. The van der Waals surface area contributed by atoms with Crippen molar-refractivity contribution in [3.63, 3.8) is 0 Å². The highest BCUT2D eigenvalue weighted by molar-refractivity contribution is 5.81. The lowest BCUT2D eigenvalue weighted by Gasteiger charge is -2.32. The highest BCUT2D eigenvalue weighted by atomic mass is 16.5. The number of carbonyl (C=O) groups is 1. The number of hydrogen-bond acceptors (Lipinski definition) is 2. The average Bonchev–Trinajstić information content (AvgIpc) is 2.55. The van der Waals surface area contributed by atoms with Gasteiger partial charge in [0, 0.05) is 13.1 Å². The maximum absolute atomic E-state index is 12.5. The molecule has 0 unspecified atom stereocenters. The van der Waals surface area contributed by atoms with E-state index in [1.165, 1.54) is 30.4 Å². The zero-order chi connectivity index (χ0) is 15.5. The van der Waals surface area contributed by atoms with Gasteiger partial charge >= 0.3 is 0 Å². The molecule has 22 heavy (non-hydrogen) atoms. The maximum atomic E-state index is 12.5. The van der Waals surface area contributed by atoms with Gasteiger partial charge in [0.2, 0.25) is 0 Å². The molecule has 1 saturated heterocycles. The molecule has 1 fully saturated rings. The zero-order valence-corrected chi connectivity index (χ0v) is 13.8. The van der Waals surface area contributed by atoms with Gasteiger partial charge in [0.25, 0.3) is 5.91 Å². The third-order valence-corrected chi connectivity index (χ3v) is 5.08. The van der Waals surface area contributed by atoms with E-state index in [1.807, 2.05) is 17.9 Å². The molecule has 3 rings (SSSR count). The van der Waals surface area contributed by atoms with Gasteiger partial charge in [-0.05, 0) is 74.6 Å². The third-order valence-electron chi connectivity index (χ3n) is 5.08. The number of piperidine rings is 1. The lowest BCUT2D eigenvalue weighted by atomic mass is 9.92. The van der Waals surface area contributed by atoms with Crippen LogP contribution in [0.2, 0.25) is 0 Å². The van der Waals surface area contributed by atoms with Crippen molar-refractivity contribution in [2.75, 3.05) is 13.1 Å². The number of amides is 1. The number of carbonyl (C=O) groups excluding carboxylic acids is 1. The van der Waals surface area contributed by atoms with Crippen molar-refractivity contribution in [1.82, 2.24) is 4.90 Å². The van der Waals surface area contributed by atoms with Crippen LogP contribution < -0.4 is 4.74 Å². The van der Waals surface area contributed by atoms with Crippen molar-refractivity contribution in [1.29, 1.82) is 0 Å². The van der Waals surface area contributed by atoms with E-state index in [2.05, 4.69) is 19.1 Å². The Labute approximate surface area is 133 Å². The molecular formula is C19H27NO2. The van der Waals surface area contributed by atoms with Crippen molar-refractivity contribution >= 4 is 5.91 Å². The fourth-order valence-electron chi connectivity index (χ4n) is 3.52. The van der Waals surface area contributed by atoms with E-state index in [0.29, 0.717) is 0 Å². The number of hydrogen-bond donors (Lipinski definition) is 0. The van der Waals surface area contributed by atoms with Gasteiger partial charge in [-0.1, -0.05) is 13.0 Å². The third kappa shape index (κ3) is 3.45. The number of ether oxygens (including phenoxy) is 1. The Hall–Kier alpha value is -1.51. The van der Waals surface area contributed by atoms with Crippen LogP contribution in [0, 0.1) is 5.92 Å². The summed E-state index contributed by atoms with van der Waals surface area (Å²) in [7, 11) is 0. The lowest BCUT2D eigenvalue weighted by molar-refractivity contribution is -0.139. The van der Waals surface area contributed by atoms with Crippen LogP contribution in [0.25, 0.3) is 0 Å². The Morgan fingerprint density at radius 1 is 1.18 bits per heavy atom. The molecule has 1 aromatic rings. The van der Waals surface area contributed by atoms with Crippen LogP contribution in [-0.4, -0.2) is 30.0 Å². The largest absolute Gasteiger partial charge is 0.481 e. The molecule has 3 nitrogen and oxygen atoms in total. The number of nitrogens with zero attached hydrogens (tertiary/aromatic N) is 1. The molecule has 0 spiro atoms. The fourth-order valence-corrected chi connectivity index (χ4v) is 3.52. The Morgan fingerprint density at radius 2 is 1.86 bits per heavy atom. The first-order valence-electron chi connectivity index (χ1n) is 8.71. The van der Waals surface area contributed by atoms with E-state index in [1.54, 1.807) is 0 Å². The molecule has 120 valence electrons. The topological polar surface area (TPSA) is 29.5 Å². The minimum atomic E-state index is -0.393. The zero-order valence-electron chi connectivity index (χ0n) is 13.8. The second kappa shape index (κ2) is 6.72. The summed E-state index contributed by atoms with van der Waals surface area (Å²) in [5.41, 5.74) is 2.85. The second-order valence-electron chi connectivity index (χ2n) is 6.91. The van der Waals surface area contributed by atoms with Crippen LogP contribution >= 0.6 is 0 Å². The van der Waals surface area contributed by atoms with Gasteiger partial charge in [-0.25, -0.2) is 0 Å². The molecule has 3 heteroatoms. The molecular weight excluding hydrogens is 274 g/mol. The van der Waals surface area contributed by atoms with E-state index >= 15 is 0 Å². The van der Waals surface area contributed by atoms with Crippen LogP contribution in [0.4, 0.5) is 0 Å². The number of fused-ring (bicyclic) bond motifs is 1. The Morgan fingerprint density at radius 3 is 2.59 bits per heavy atom. The van der Waals surface area contributed by atoms with Gasteiger partial charge in [0.15, 0.2) is 6.10 Å². The summed E-state index contributed by atoms with van der Waals surface area (Å²) < 4.78 is 5.93. The predicted molar refractivity (Wildman–Crippen MR) is 88.2 cm³/mol. The molecule has 1 amide bonds. The standard InChI is InChI=1S/C19H27NO2/c1-14-9-11-20(12-10-14)19(21)15(2)22-18-8-7-16-5-3-4-6-17(16)13-18/h7-8,13-15H,3-6,9-12H2,1-2H3/t15-/m0/s1. The fraction of sp³-hybridized carbons (Fsp3) is 0.632. The number of benzene rings is 1. The Balaban J connectivity index is 1.61. The van der Waals surface area contributed by atoms with Crippen LogP contribution in [0.5, 0.6) is 5.75 Å². The van der Waals surface area contributed by atoms with Gasteiger partial charge in [0.05, 0.1) is 0 Å². The number of aryl methyl sites for hydroxylation is 2. The lowest BCUT2D eigenvalue weighted by Crippen LogP contribution is -2.44. The molecule has 1 atom stereocenters.